The summed E-state index contributed by atoms with van der Waals surface area (Å²) in [4.78, 5) is 21.6. The maximum atomic E-state index is 12.6. The summed E-state index contributed by atoms with van der Waals surface area (Å²) in [7, 11) is 0. The predicted molar refractivity (Wildman–Crippen MR) is 95.5 cm³/mol. The molecule has 2 heterocycles. The third kappa shape index (κ3) is 3.51. The monoisotopic (exact) mass is 354 g/mol. The van der Waals surface area contributed by atoms with Crippen molar-refractivity contribution in [2.75, 3.05) is 0 Å². The molecule has 0 bridgehead atoms. The number of pyridine rings is 1. The maximum absolute atomic E-state index is 12.6. The maximum Gasteiger partial charge on any atom is 0.252 e. The normalized spacial score (nSPS) is 15.3. The minimum atomic E-state index is -0.0470. The van der Waals surface area contributed by atoms with Gasteiger partial charge in [0, 0.05) is 11.4 Å². The third-order valence-electron chi connectivity index (χ3n) is 4.04. The van der Waals surface area contributed by atoms with Crippen LogP contribution in [0.25, 0.3) is 10.9 Å². The van der Waals surface area contributed by atoms with Gasteiger partial charge in [-0.15, -0.1) is 0 Å². The van der Waals surface area contributed by atoms with Gasteiger partial charge in [-0.1, -0.05) is 35.1 Å². The van der Waals surface area contributed by atoms with E-state index in [0.29, 0.717) is 23.3 Å². The molecule has 1 aromatic carbocycles. The van der Waals surface area contributed by atoms with Crippen molar-refractivity contribution in [1.29, 1.82) is 0 Å². The molecule has 6 nitrogen and oxygen atoms in total. The van der Waals surface area contributed by atoms with Crippen molar-refractivity contribution in [3.63, 3.8) is 0 Å². The zero-order valence-electron chi connectivity index (χ0n) is 14.0. The van der Waals surface area contributed by atoms with Crippen LogP contribution in [0.2, 0.25) is 0 Å². The van der Waals surface area contributed by atoms with Crippen molar-refractivity contribution in [2.24, 2.45) is 0 Å². The standard InChI is InChI=1S/C18H18N4O2S/c1-10(18-19-11(2)22-24-18)25-16-9-14(17(23)20-12-7-8-12)13-5-3-4-6-15(13)21-16/h3-6,9-10,12H,7-8H2,1-2H3,(H,20,23). The molecule has 4 rings (SSSR count). The van der Waals surface area contributed by atoms with E-state index in [2.05, 4.69) is 20.4 Å². The molecule has 0 radical (unpaired) electrons. The van der Waals surface area contributed by atoms with Gasteiger partial charge in [0.05, 0.1) is 21.4 Å². The highest BCUT2D eigenvalue weighted by atomic mass is 32.2. The summed E-state index contributed by atoms with van der Waals surface area (Å²) in [6.07, 6.45) is 2.12. The van der Waals surface area contributed by atoms with Crippen LogP contribution in [0.1, 0.15) is 47.1 Å². The Morgan fingerprint density at radius 3 is 2.84 bits per heavy atom. The van der Waals surface area contributed by atoms with E-state index in [0.717, 1.165) is 28.8 Å². The van der Waals surface area contributed by atoms with Gasteiger partial charge in [0.15, 0.2) is 5.82 Å². The smallest absolute Gasteiger partial charge is 0.252 e. The second-order valence-electron chi connectivity index (χ2n) is 6.21. The molecular formula is C18H18N4O2S. The molecule has 1 fully saturated rings. The Labute approximate surface area is 149 Å². The van der Waals surface area contributed by atoms with Crippen LogP contribution in [0.15, 0.2) is 39.9 Å². The summed E-state index contributed by atoms with van der Waals surface area (Å²) in [5, 5.41) is 8.48. The molecule has 1 atom stereocenters. The lowest BCUT2D eigenvalue weighted by atomic mass is 10.1. The molecule has 1 amide bonds. The molecular weight excluding hydrogens is 336 g/mol. The lowest BCUT2D eigenvalue weighted by Gasteiger charge is -2.11. The number of aryl methyl sites for hydroxylation is 1. The average Bonchev–Trinajstić information content (AvgIpc) is 3.31. The number of nitrogens with zero attached hydrogens (tertiary/aromatic N) is 3. The summed E-state index contributed by atoms with van der Waals surface area (Å²) < 4.78 is 5.24. The van der Waals surface area contributed by atoms with E-state index in [4.69, 9.17) is 4.52 Å². The number of hydrogen-bond donors (Lipinski definition) is 1. The quantitative estimate of drug-likeness (QED) is 0.704. The molecule has 1 N–H and O–H groups in total. The molecule has 1 aliphatic rings. The van der Waals surface area contributed by atoms with Crippen LogP contribution >= 0.6 is 11.8 Å². The molecule has 1 aliphatic carbocycles. The van der Waals surface area contributed by atoms with Crippen molar-refractivity contribution < 1.29 is 9.32 Å². The van der Waals surface area contributed by atoms with E-state index < -0.39 is 0 Å². The van der Waals surface area contributed by atoms with Gasteiger partial charge in [-0.3, -0.25) is 4.79 Å². The molecule has 1 unspecified atom stereocenters. The van der Waals surface area contributed by atoms with E-state index in [9.17, 15) is 4.79 Å². The molecule has 2 aromatic heterocycles. The van der Waals surface area contributed by atoms with E-state index in [-0.39, 0.29) is 11.2 Å². The Kier molecular flexibility index (Phi) is 4.17. The molecule has 1 saturated carbocycles. The highest BCUT2D eigenvalue weighted by molar-refractivity contribution is 7.99. The second-order valence-corrected chi connectivity index (χ2v) is 7.57. The Bertz CT molecular complexity index is 936. The summed E-state index contributed by atoms with van der Waals surface area (Å²) in [5.41, 5.74) is 1.47. The van der Waals surface area contributed by atoms with Crippen molar-refractivity contribution in [3.05, 3.63) is 47.6 Å². The minimum absolute atomic E-state index is 0.0377. The highest BCUT2D eigenvalue weighted by Crippen LogP contribution is 2.35. The van der Waals surface area contributed by atoms with Gasteiger partial charge in [0.1, 0.15) is 0 Å². The number of fused-ring (bicyclic) bond motifs is 1. The number of nitrogens with one attached hydrogen (secondary N) is 1. The summed E-state index contributed by atoms with van der Waals surface area (Å²) >= 11 is 1.50. The molecule has 7 heteroatoms. The summed E-state index contributed by atoms with van der Waals surface area (Å²) in [6, 6.07) is 9.88. The number of thioether (sulfide) groups is 1. The van der Waals surface area contributed by atoms with Gasteiger partial charge in [0.2, 0.25) is 5.89 Å². The van der Waals surface area contributed by atoms with E-state index in [1.807, 2.05) is 37.3 Å². The van der Waals surface area contributed by atoms with Gasteiger partial charge in [-0.05, 0) is 38.8 Å². The fourth-order valence-corrected chi connectivity index (χ4v) is 3.50. The fraction of sp³-hybridized carbons (Fsp3) is 0.333. The lowest BCUT2D eigenvalue weighted by molar-refractivity contribution is 0.0952. The number of carbonyl (C=O) groups excluding carboxylic acids is 1. The van der Waals surface area contributed by atoms with Crippen molar-refractivity contribution >= 4 is 28.6 Å². The van der Waals surface area contributed by atoms with Crippen LogP contribution in [0, 0.1) is 6.92 Å². The number of para-hydroxylation sites is 1. The highest BCUT2D eigenvalue weighted by Gasteiger charge is 2.25. The SMILES string of the molecule is Cc1noc(C(C)Sc2cc(C(=O)NC3CC3)c3ccccc3n2)n1. The first-order valence-corrected chi connectivity index (χ1v) is 9.15. The number of aromatic nitrogens is 3. The van der Waals surface area contributed by atoms with Gasteiger partial charge in [-0.2, -0.15) is 4.98 Å². The lowest BCUT2D eigenvalue weighted by Crippen LogP contribution is -2.25. The average molecular weight is 354 g/mol. The first kappa shape index (κ1) is 16.1. The van der Waals surface area contributed by atoms with Crippen LogP contribution in [0.5, 0.6) is 0 Å². The summed E-state index contributed by atoms with van der Waals surface area (Å²) in [6.45, 7) is 3.78. The van der Waals surface area contributed by atoms with Gasteiger partial charge in [-0.25, -0.2) is 4.98 Å². The van der Waals surface area contributed by atoms with Crippen molar-refractivity contribution in [2.45, 2.75) is 43.0 Å². The Hall–Kier alpha value is -2.41. The largest absolute Gasteiger partial charge is 0.349 e. The van der Waals surface area contributed by atoms with Gasteiger partial charge in [0.25, 0.3) is 5.91 Å². The number of amides is 1. The Balaban J connectivity index is 1.67. The van der Waals surface area contributed by atoms with Gasteiger partial charge >= 0.3 is 0 Å². The number of hydrogen-bond acceptors (Lipinski definition) is 6. The number of rotatable bonds is 5. The number of carbonyl (C=O) groups is 1. The van der Waals surface area contributed by atoms with Crippen LogP contribution in [-0.2, 0) is 0 Å². The zero-order valence-corrected chi connectivity index (χ0v) is 14.8. The van der Waals surface area contributed by atoms with E-state index >= 15 is 0 Å². The second kappa shape index (κ2) is 6.48. The van der Waals surface area contributed by atoms with E-state index in [1.165, 1.54) is 11.8 Å². The van der Waals surface area contributed by atoms with Crippen LogP contribution in [0.3, 0.4) is 0 Å². The van der Waals surface area contributed by atoms with E-state index in [1.54, 1.807) is 6.92 Å². The Morgan fingerprint density at radius 2 is 2.12 bits per heavy atom. The van der Waals surface area contributed by atoms with Crippen molar-refractivity contribution in [1.82, 2.24) is 20.4 Å². The first-order valence-electron chi connectivity index (χ1n) is 8.27. The molecule has 3 aromatic rings. The molecule has 0 spiro atoms. The molecule has 0 saturated heterocycles. The zero-order chi connectivity index (χ0) is 17.4. The predicted octanol–water partition coefficient (Wildman–Crippen LogP) is 3.67. The Morgan fingerprint density at radius 1 is 1.32 bits per heavy atom. The molecule has 128 valence electrons. The number of benzene rings is 1. The van der Waals surface area contributed by atoms with Crippen molar-refractivity contribution in [3.8, 4) is 0 Å². The minimum Gasteiger partial charge on any atom is -0.349 e. The molecule has 25 heavy (non-hydrogen) atoms. The van der Waals surface area contributed by atoms with Crippen LogP contribution in [-0.4, -0.2) is 27.1 Å². The van der Waals surface area contributed by atoms with Gasteiger partial charge < -0.3 is 9.84 Å². The van der Waals surface area contributed by atoms with Crippen LogP contribution in [0.4, 0.5) is 0 Å². The molecule has 0 aliphatic heterocycles. The topological polar surface area (TPSA) is 80.9 Å². The summed E-state index contributed by atoms with van der Waals surface area (Å²) in [5.74, 6) is 1.13. The third-order valence-corrected chi connectivity index (χ3v) is 5.04. The first-order chi connectivity index (χ1) is 12.1. The van der Waals surface area contributed by atoms with Crippen LogP contribution < -0.4 is 5.32 Å². The fourth-order valence-electron chi connectivity index (χ4n) is 2.60.